The van der Waals surface area contributed by atoms with Gasteiger partial charge in [0.05, 0.1) is 0 Å². The minimum Gasteiger partial charge on any atom is -0.368 e. The van der Waals surface area contributed by atoms with Crippen LogP contribution in [0.2, 0.25) is 0 Å². The minimum atomic E-state index is -0.248. The molecule has 1 atom stereocenters. The molecule has 23 heavy (non-hydrogen) atoms. The van der Waals surface area contributed by atoms with Gasteiger partial charge in [-0.15, -0.1) is 0 Å². The summed E-state index contributed by atoms with van der Waals surface area (Å²) in [5.74, 6) is 0.0511. The average Bonchev–Trinajstić information content (AvgIpc) is 2.60. The standard InChI is InChI=1S/C19H28N2O2/c1-19(2,14-20-18(22)17-9-5-6-12-23-17)21-11-10-15-7-3-4-8-16(15)13-21/h3-4,7-8,17H,5-6,9-14H2,1-2H3,(H,20,22)/t17-/m1/s1. The molecule has 1 aromatic carbocycles. The number of fused-ring (bicyclic) bond motifs is 1. The fourth-order valence-corrected chi connectivity index (χ4v) is 3.49. The summed E-state index contributed by atoms with van der Waals surface area (Å²) < 4.78 is 5.57. The van der Waals surface area contributed by atoms with Gasteiger partial charge in [0.25, 0.3) is 0 Å². The fraction of sp³-hybridized carbons (Fsp3) is 0.632. The van der Waals surface area contributed by atoms with Crippen LogP contribution in [0.1, 0.15) is 44.2 Å². The van der Waals surface area contributed by atoms with Crippen molar-refractivity contribution in [1.82, 2.24) is 10.2 Å². The lowest BCUT2D eigenvalue weighted by molar-refractivity contribution is -0.136. The molecule has 4 nitrogen and oxygen atoms in total. The van der Waals surface area contributed by atoms with Crippen LogP contribution in [0.25, 0.3) is 0 Å². The van der Waals surface area contributed by atoms with Crippen LogP contribution >= 0.6 is 0 Å². The molecule has 1 aromatic rings. The van der Waals surface area contributed by atoms with Crippen molar-refractivity contribution >= 4 is 5.91 Å². The highest BCUT2D eigenvalue weighted by Gasteiger charge is 2.31. The second-order valence-electron chi connectivity index (χ2n) is 7.33. The van der Waals surface area contributed by atoms with E-state index in [0.29, 0.717) is 13.2 Å². The molecular formula is C19H28N2O2. The third-order valence-corrected chi connectivity index (χ3v) is 5.15. The van der Waals surface area contributed by atoms with Crippen LogP contribution in [0.3, 0.4) is 0 Å². The Morgan fingerprint density at radius 1 is 1.30 bits per heavy atom. The van der Waals surface area contributed by atoms with Crippen molar-refractivity contribution in [3.63, 3.8) is 0 Å². The lowest BCUT2D eigenvalue weighted by Crippen LogP contribution is -2.54. The van der Waals surface area contributed by atoms with E-state index in [9.17, 15) is 4.79 Å². The zero-order valence-corrected chi connectivity index (χ0v) is 14.3. The van der Waals surface area contributed by atoms with Crippen LogP contribution in [-0.2, 0) is 22.5 Å². The summed E-state index contributed by atoms with van der Waals surface area (Å²) in [6.07, 6.45) is 3.84. The molecule has 0 radical (unpaired) electrons. The van der Waals surface area contributed by atoms with Gasteiger partial charge in [0, 0.05) is 31.8 Å². The van der Waals surface area contributed by atoms with Crippen LogP contribution in [0, 0.1) is 0 Å². The first kappa shape index (κ1) is 16.5. The predicted molar refractivity (Wildman–Crippen MR) is 91.2 cm³/mol. The molecule has 0 spiro atoms. The largest absolute Gasteiger partial charge is 0.368 e. The summed E-state index contributed by atoms with van der Waals surface area (Å²) in [5, 5.41) is 3.11. The molecular weight excluding hydrogens is 288 g/mol. The first-order valence-electron chi connectivity index (χ1n) is 8.77. The lowest BCUT2D eigenvalue weighted by atomic mass is 9.94. The second-order valence-corrected chi connectivity index (χ2v) is 7.33. The molecule has 1 amide bonds. The number of ether oxygens (including phenoxy) is 1. The zero-order chi connectivity index (χ0) is 16.3. The Kier molecular flexibility index (Phi) is 5.02. The third kappa shape index (κ3) is 3.93. The van der Waals surface area contributed by atoms with Gasteiger partial charge in [-0.1, -0.05) is 24.3 Å². The molecule has 0 unspecified atom stereocenters. The van der Waals surface area contributed by atoms with Gasteiger partial charge in [-0.2, -0.15) is 0 Å². The van der Waals surface area contributed by atoms with Gasteiger partial charge in [-0.05, 0) is 50.7 Å². The molecule has 2 heterocycles. The molecule has 0 aliphatic carbocycles. The Morgan fingerprint density at radius 3 is 2.83 bits per heavy atom. The van der Waals surface area contributed by atoms with E-state index in [1.165, 1.54) is 11.1 Å². The Balaban J connectivity index is 1.55. The smallest absolute Gasteiger partial charge is 0.249 e. The average molecular weight is 316 g/mol. The van der Waals surface area contributed by atoms with E-state index in [2.05, 4.69) is 48.3 Å². The number of hydrogen-bond acceptors (Lipinski definition) is 3. The minimum absolute atomic E-state index is 0.0511. The van der Waals surface area contributed by atoms with Crippen molar-refractivity contribution in [2.24, 2.45) is 0 Å². The quantitative estimate of drug-likeness (QED) is 0.928. The van der Waals surface area contributed by atoms with E-state index in [0.717, 1.165) is 38.8 Å². The van der Waals surface area contributed by atoms with Crippen LogP contribution in [0.5, 0.6) is 0 Å². The van der Waals surface area contributed by atoms with Gasteiger partial charge < -0.3 is 10.1 Å². The molecule has 2 aliphatic heterocycles. The highest BCUT2D eigenvalue weighted by atomic mass is 16.5. The molecule has 3 rings (SSSR count). The number of amides is 1. The maximum absolute atomic E-state index is 12.3. The molecule has 2 aliphatic rings. The van der Waals surface area contributed by atoms with E-state index in [1.54, 1.807) is 0 Å². The summed E-state index contributed by atoms with van der Waals surface area (Å²) >= 11 is 0. The summed E-state index contributed by atoms with van der Waals surface area (Å²) in [5.41, 5.74) is 2.81. The summed E-state index contributed by atoms with van der Waals surface area (Å²) in [6, 6.07) is 8.66. The fourth-order valence-electron chi connectivity index (χ4n) is 3.49. The normalized spacial score (nSPS) is 22.4. The summed E-state index contributed by atoms with van der Waals surface area (Å²) in [4.78, 5) is 14.7. The molecule has 0 saturated carbocycles. The number of carbonyl (C=O) groups excluding carboxylic acids is 1. The molecule has 1 saturated heterocycles. The van der Waals surface area contributed by atoms with Gasteiger partial charge in [0.2, 0.25) is 5.91 Å². The van der Waals surface area contributed by atoms with Crippen molar-refractivity contribution in [3.8, 4) is 0 Å². The Labute approximate surface area is 139 Å². The summed E-state index contributed by atoms with van der Waals surface area (Å²) in [6.45, 7) is 7.79. The molecule has 1 N–H and O–H groups in total. The monoisotopic (exact) mass is 316 g/mol. The molecule has 126 valence electrons. The number of carbonyl (C=O) groups is 1. The van der Waals surface area contributed by atoms with Gasteiger partial charge in [-0.3, -0.25) is 9.69 Å². The lowest BCUT2D eigenvalue weighted by Gasteiger charge is -2.42. The number of rotatable bonds is 4. The van der Waals surface area contributed by atoms with Crippen molar-refractivity contribution in [2.45, 2.75) is 57.7 Å². The number of benzene rings is 1. The van der Waals surface area contributed by atoms with E-state index < -0.39 is 0 Å². The first-order valence-corrected chi connectivity index (χ1v) is 8.77. The van der Waals surface area contributed by atoms with Crippen molar-refractivity contribution in [1.29, 1.82) is 0 Å². The zero-order valence-electron chi connectivity index (χ0n) is 14.3. The van der Waals surface area contributed by atoms with Crippen molar-refractivity contribution in [2.75, 3.05) is 19.7 Å². The van der Waals surface area contributed by atoms with Crippen LogP contribution in [-0.4, -0.2) is 42.1 Å². The van der Waals surface area contributed by atoms with Crippen LogP contribution < -0.4 is 5.32 Å². The Bertz CT molecular complexity index is 550. The molecule has 4 heteroatoms. The second kappa shape index (κ2) is 7.02. The number of hydrogen-bond donors (Lipinski definition) is 1. The first-order chi connectivity index (χ1) is 11.1. The van der Waals surface area contributed by atoms with Crippen LogP contribution in [0.4, 0.5) is 0 Å². The third-order valence-electron chi connectivity index (χ3n) is 5.15. The van der Waals surface area contributed by atoms with Crippen molar-refractivity contribution in [3.05, 3.63) is 35.4 Å². The van der Waals surface area contributed by atoms with Gasteiger partial charge in [0.15, 0.2) is 0 Å². The maximum Gasteiger partial charge on any atom is 0.249 e. The van der Waals surface area contributed by atoms with Gasteiger partial charge in [-0.25, -0.2) is 0 Å². The van der Waals surface area contributed by atoms with E-state index in [4.69, 9.17) is 4.74 Å². The van der Waals surface area contributed by atoms with Gasteiger partial charge in [0.1, 0.15) is 6.10 Å². The molecule has 1 fully saturated rings. The number of nitrogens with one attached hydrogen (secondary N) is 1. The Hall–Kier alpha value is -1.39. The predicted octanol–water partition coefficient (Wildman–Crippen LogP) is 2.51. The van der Waals surface area contributed by atoms with Crippen LogP contribution in [0.15, 0.2) is 24.3 Å². The molecule has 0 aromatic heterocycles. The topological polar surface area (TPSA) is 41.6 Å². The highest BCUT2D eigenvalue weighted by Crippen LogP contribution is 2.25. The summed E-state index contributed by atoms with van der Waals surface area (Å²) in [7, 11) is 0. The SMILES string of the molecule is CC(C)(CNC(=O)[C@H]1CCCCO1)N1CCc2ccccc2C1. The number of nitrogens with zero attached hydrogens (tertiary/aromatic N) is 1. The van der Waals surface area contributed by atoms with Crippen molar-refractivity contribution < 1.29 is 9.53 Å². The van der Waals surface area contributed by atoms with Gasteiger partial charge >= 0.3 is 0 Å². The van der Waals surface area contributed by atoms with E-state index >= 15 is 0 Å². The van der Waals surface area contributed by atoms with E-state index in [1.807, 2.05) is 0 Å². The molecule has 0 bridgehead atoms. The maximum atomic E-state index is 12.3. The van der Waals surface area contributed by atoms with E-state index in [-0.39, 0.29) is 17.6 Å². The highest BCUT2D eigenvalue weighted by molar-refractivity contribution is 5.80. The Morgan fingerprint density at radius 2 is 2.09 bits per heavy atom.